The third-order valence-electron chi connectivity index (χ3n) is 0.508. The predicted molar refractivity (Wildman–Crippen MR) is 33.9 cm³/mol. The van der Waals surface area contributed by atoms with E-state index in [-0.39, 0.29) is 5.75 Å². The Kier molecular flexibility index (Phi) is 3.01. The standard InChI is InChI=1S/C5H7O3S/c1-3-5-9(6,7)8-4-2/h3H,1-2,5H2. The van der Waals surface area contributed by atoms with Crippen molar-refractivity contribution in [2.75, 3.05) is 5.75 Å². The highest BCUT2D eigenvalue weighted by molar-refractivity contribution is 7.86. The maximum atomic E-state index is 10.4. The van der Waals surface area contributed by atoms with E-state index in [0.717, 1.165) is 0 Å². The van der Waals surface area contributed by atoms with E-state index >= 15 is 0 Å². The first-order chi connectivity index (χ1) is 4.12. The smallest absolute Gasteiger partial charge is 0.312 e. The maximum Gasteiger partial charge on any atom is 0.312 e. The van der Waals surface area contributed by atoms with Crippen LogP contribution in [0.25, 0.3) is 0 Å². The Morgan fingerprint density at radius 2 is 2.22 bits per heavy atom. The van der Waals surface area contributed by atoms with E-state index in [2.05, 4.69) is 17.3 Å². The molecule has 3 nitrogen and oxygen atoms in total. The second kappa shape index (κ2) is 3.29. The Morgan fingerprint density at radius 3 is 2.56 bits per heavy atom. The van der Waals surface area contributed by atoms with Crippen molar-refractivity contribution in [2.24, 2.45) is 0 Å². The summed E-state index contributed by atoms with van der Waals surface area (Å²) in [5.41, 5.74) is 0. The first-order valence-corrected chi connectivity index (χ1v) is 3.74. The Hall–Kier alpha value is -0.770. The van der Waals surface area contributed by atoms with Crippen LogP contribution in [0.5, 0.6) is 0 Å². The van der Waals surface area contributed by atoms with Crippen LogP contribution in [0.3, 0.4) is 0 Å². The summed E-state index contributed by atoms with van der Waals surface area (Å²) in [5, 5.41) is 0. The van der Waals surface area contributed by atoms with Gasteiger partial charge in [0.15, 0.2) is 6.26 Å². The zero-order valence-corrected chi connectivity index (χ0v) is 5.65. The van der Waals surface area contributed by atoms with Crippen molar-refractivity contribution in [3.05, 3.63) is 25.5 Å². The van der Waals surface area contributed by atoms with Gasteiger partial charge >= 0.3 is 10.1 Å². The van der Waals surface area contributed by atoms with Crippen molar-refractivity contribution in [1.29, 1.82) is 0 Å². The molecule has 9 heavy (non-hydrogen) atoms. The lowest BCUT2D eigenvalue weighted by Gasteiger charge is -1.94. The van der Waals surface area contributed by atoms with E-state index < -0.39 is 10.1 Å². The van der Waals surface area contributed by atoms with E-state index in [4.69, 9.17) is 0 Å². The molecule has 0 fully saturated rings. The molecule has 0 aromatic rings. The monoisotopic (exact) mass is 147 g/mol. The van der Waals surface area contributed by atoms with Gasteiger partial charge in [-0.3, -0.25) is 0 Å². The zero-order chi connectivity index (χ0) is 7.33. The molecule has 0 heterocycles. The van der Waals surface area contributed by atoms with E-state index in [1.807, 2.05) is 6.26 Å². The molecular formula is C5H7O3S. The molecule has 0 amide bonds. The second-order valence-electron chi connectivity index (χ2n) is 1.24. The van der Waals surface area contributed by atoms with Crippen LogP contribution >= 0.6 is 0 Å². The molecule has 0 rings (SSSR count). The normalized spacial score (nSPS) is 10.2. The minimum Gasteiger partial charge on any atom is -0.379 e. The summed E-state index contributed by atoms with van der Waals surface area (Å²) in [6, 6.07) is 0. The van der Waals surface area contributed by atoms with Crippen LogP contribution in [0, 0.1) is 6.26 Å². The molecule has 0 unspecified atom stereocenters. The summed E-state index contributed by atoms with van der Waals surface area (Å²) in [4.78, 5) is 0. The molecule has 4 heteroatoms. The molecule has 0 aliphatic rings. The summed E-state index contributed by atoms with van der Waals surface area (Å²) < 4.78 is 24.9. The fourth-order valence-corrected chi connectivity index (χ4v) is 0.804. The highest BCUT2D eigenvalue weighted by atomic mass is 32.2. The van der Waals surface area contributed by atoms with E-state index in [0.29, 0.717) is 0 Å². The molecule has 0 saturated heterocycles. The van der Waals surface area contributed by atoms with Crippen molar-refractivity contribution < 1.29 is 12.6 Å². The lowest BCUT2D eigenvalue weighted by Crippen LogP contribution is -2.04. The molecule has 0 spiro atoms. The molecule has 0 bridgehead atoms. The van der Waals surface area contributed by atoms with Crippen LogP contribution in [0.2, 0.25) is 0 Å². The van der Waals surface area contributed by atoms with E-state index in [1.54, 1.807) is 0 Å². The number of hydrogen-bond acceptors (Lipinski definition) is 3. The second-order valence-corrected chi connectivity index (χ2v) is 2.86. The van der Waals surface area contributed by atoms with Crippen molar-refractivity contribution in [3.63, 3.8) is 0 Å². The molecule has 0 N–H and O–H groups in total. The van der Waals surface area contributed by atoms with Crippen LogP contribution in [0.15, 0.2) is 19.2 Å². The van der Waals surface area contributed by atoms with Gasteiger partial charge in [-0.25, -0.2) is 0 Å². The third-order valence-corrected chi connectivity index (χ3v) is 1.52. The lowest BCUT2D eigenvalue weighted by atomic mass is 10.8. The first-order valence-electron chi connectivity index (χ1n) is 2.16. The van der Waals surface area contributed by atoms with Gasteiger partial charge in [0.25, 0.3) is 0 Å². The highest BCUT2D eigenvalue weighted by Crippen LogP contribution is 1.91. The van der Waals surface area contributed by atoms with Crippen LogP contribution in [-0.4, -0.2) is 14.2 Å². The van der Waals surface area contributed by atoms with Gasteiger partial charge in [0, 0.05) is 0 Å². The van der Waals surface area contributed by atoms with Crippen molar-refractivity contribution in [1.82, 2.24) is 0 Å². The summed E-state index contributed by atoms with van der Waals surface area (Å²) in [6.45, 7) is 6.19. The quantitative estimate of drug-likeness (QED) is 0.330. The Bertz CT molecular complexity index is 174. The third kappa shape index (κ3) is 3.78. The fourth-order valence-electron chi connectivity index (χ4n) is 0.268. The van der Waals surface area contributed by atoms with Crippen LogP contribution < -0.4 is 0 Å². The number of hydrogen-bond donors (Lipinski definition) is 0. The molecule has 51 valence electrons. The van der Waals surface area contributed by atoms with Gasteiger partial charge in [0.2, 0.25) is 0 Å². The summed E-state index contributed by atoms with van der Waals surface area (Å²) in [5.74, 6) is -0.213. The molecular weight excluding hydrogens is 140 g/mol. The number of rotatable bonds is 4. The van der Waals surface area contributed by atoms with Gasteiger partial charge in [-0.15, -0.1) is 6.58 Å². The van der Waals surface area contributed by atoms with Crippen LogP contribution in [0.1, 0.15) is 0 Å². The van der Waals surface area contributed by atoms with Gasteiger partial charge in [-0.2, -0.15) is 8.42 Å². The Morgan fingerprint density at radius 1 is 1.67 bits per heavy atom. The van der Waals surface area contributed by atoms with Gasteiger partial charge in [-0.1, -0.05) is 12.7 Å². The van der Waals surface area contributed by atoms with Crippen LogP contribution in [-0.2, 0) is 14.3 Å². The highest BCUT2D eigenvalue weighted by Gasteiger charge is 2.04. The molecule has 0 aliphatic carbocycles. The minimum atomic E-state index is -3.47. The van der Waals surface area contributed by atoms with Crippen molar-refractivity contribution >= 4 is 10.1 Å². The van der Waals surface area contributed by atoms with Crippen molar-refractivity contribution in [2.45, 2.75) is 0 Å². The molecule has 0 aliphatic heterocycles. The van der Waals surface area contributed by atoms with E-state index in [1.165, 1.54) is 6.08 Å². The largest absolute Gasteiger partial charge is 0.379 e. The van der Waals surface area contributed by atoms with Gasteiger partial charge < -0.3 is 4.18 Å². The first kappa shape index (κ1) is 8.23. The molecule has 0 saturated carbocycles. The topological polar surface area (TPSA) is 43.4 Å². The zero-order valence-electron chi connectivity index (χ0n) is 4.83. The van der Waals surface area contributed by atoms with Gasteiger partial charge in [0.1, 0.15) is 5.75 Å². The Balaban J connectivity index is 4.03. The summed E-state index contributed by atoms with van der Waals surface area (Å²) >= 11 is 0. The lowest BCUT2D eigenvalue weighted by molar-refractivity contribution is 0.430. The van der Waals surface area contributed by atoms with E-state index in [9.17, 15) is 8.42 Å². The molecule has 0 aromatic heterocycles. The molecule has 1 radical (unpaired) electrons. The predicted octanol–water partition coefficient (Wildman–Crippen LogP) is 0.465. The maximum absolute atomic E-state index is 10.4. The minimum absolute atomic E-state index is 0.213. The summed E-state index contributed by atoms with van der Waals surface area (Å²) in [7, 11) is -3.47. The average Bonchev–Trinajstić information content (AvgIpc) is 1.64. The molecule has 0 aromatic carbocycles. The Labute approximate surface area is 54.8 Å². The van der Waals surface area contributed by atoms with Crippen molar-refractivity contribution in [3.8, 4) is 0 Å². The SMILES string of the molecule is C=[C]OS(=O)(=O)CC=C. The van der Waals surface area contributed by atoms with Gasteiger partial charge in [-0.05, 0) is 0 Å². The fraction of sp³-hybridized carbons (Fsp3) is 0.200. The summed E-state index contributed by atoms with van der Waals surface area (Å²) in [6.07, 6.45) is 3.04. The molecule has 0 atom stereocenters. The average molecular weight is 147 g/mol. The van der Waals surface area contributed by atoms with Gasteiger partial charge in [0.05, 0.1) is 0 Å². The van der Waals surface area contributed by atoms with Crippen LogP contribution in [0.4, 0.5) is 0 Å².